The molecule has 0 saturated carbocycles. The largest absolute Gasteiger partial charge is 0.397 e. The maximum Gasteiger partial charge on any atom is 0.235 e. The summed E-state index contributed by atoms with van der Waals surface area (Å²) in [6, 6.07) is 1.74. The van der Waals surface area contributed by atoms with E-state index in [-0.39, 0.29) is 16.8 Å². The van der Waals surface area contributed by atoms with E-state index in [4.69, 9.17) is 22.1 Å². The number of nitrogens with zero attached hydrogens (tertiary/aromatic N) is 2. The third-order valence-electron chi connectivity index (χ3n) is 2.59. The van der Waals surface area contributed by atoms with Gasteiger partial charge in [0.2, 0.25) is 5.95 Å². The molecule has 1 atom stereocenters. The van der Waals surface area contributed by atoms with Gasteiger partial charge in [0.15, 0.2) is 0 Å². The van der Waals surface area contributed by atoms with Gasteiger partial charge in [-0.05, 0) is 6.92 Å². The zero-order valence-corrected chi connectivity index (χ0v) is 9.67. The lowest BCUT2D eigenvalue weighted by Gasteiger charge is -2.34. The topological polar surface area (TPSA) is 51.4 Å². The molecule has 1 saturated heterocycles. The number of aromatic nitrogens is 1. The molecule has 1 aromatic heterocycles. The summed E-state index contributed by atoms with van der Waals surface area (Å²) in [5.74, 6) is -0.217. The third-order valence-corrected chi connectivity index (χ3v) is 2.97. The molecule has 1 aliphatic heterocycles. The zero-order valence-electron chi connectivity index (χ0n) is 8.91. The molecule has 2 heterocycles. The van der Waals surface area contributed by atoms with Crippen LogP contribution < -0.4 is 10.6 Å². The van der Waals surface area contributed by atoms with Crippen molar-refractivity contribution < 1.29 is 9.13 Å². The van der Waals surface area contributed by atoms with Crippen molar-refractivity contribution in [2.24, 2.45) is 0 Å². The van der Waals surface area contributed by atoms with Crippen molar-refractivity contribution in [3.05, 3.63) is 17.0 Å². The average molecular weight is 246 g/mol. The van der Waals surface area contributed by atoms with Crippen LogP contribution in [-0.2, 0) is 4.74 Å². The fourth-order valence-corrected chi connectivity index (χ4v) is 1.81. The van der Waals surface area contributed by atoms with Crippen LogP contribution >= 0.6 is 11.6 Å². The molecular formula is C10H13ClFN3O. The van der Waals surface area contributed by atoms with Crippen LogP contribution in [0.5, 0.6) is 0 Å². The van der Waals surface area contributed by atoms with E-state index in [1.807, 2.05) is 11.8 Å². The number of hydrogen-bond acceptors (Lipinski definition) is 4. The first kappa shape index (κ1) is 11.4. The predicted octanol–water partition coefficient (Wildman–Crippen LogP) is 1.68. The van der Waals surface area contributed by atoms with E-state index in [9.17, 15) is 4.39 Å². The number of rotatable bonds is 1. The summed E-state index contributed by atoms with van der Waals surface area (Å²) >= 11 is 5.62. The molecule has 88 valence electrons. The van der Waals surface area contributed by atoms with E-state index in [2.05, 4.69) is 4.98 Å². The molecule has 0 amide bonds. The van der Waals surface area contributed by atoms with Crippen molar-refractivity contribution in [3.8, 4) is 0 Å². The predicted molar refractivity (Wildman–Crippen MR) is 61.2 cm³/mol. The Morgan fingerprint density at radius 1 is 1.69 bits per heavy atom. The molecule has 1 fully saturated rings. The molecule has 0 aromatic carbocycles. The van der Waals surface area contributed by atoms with Crippen molar-refractivity contribution in [1.29, 1.82) is 0 Å². The number of hydrogen-bond donors (Lipinski definition) is 1. The second-order valence-electron chi connectivity index (χ2n) is 3.79. The number of ether oxygens (including phenoxy) is 1. The number of morpholine rings is 1. The van der Waals surface area contributed by atoms with Gasteiger partial charge in [0, 0.05) is 12.6 Å². The number of halogens is 2. The van der Waals surface area contributed by atoms with Crippen LogP contribution in [0.25, 0.3) is 0 Å². The van der Waals surface area contributed by atoms with Crippen LogP contribution in [0.2, 0.25) is 5.02 Å². The highest BCUT2D eigenvalue weighted by molar-refractivity contribution is 6.33. The molecule has 1 aromatic rings. The highest BCUT2D eigenvalue weighted by atomic mass is 35.5. The molecule has 0 radical (unpaired) electrons. The summed E-state index contributed by atoms with van der Waals surface area (Å²) in [5, 5.41) is -0.121. The molecule has 0 aliphatic carbocycles. The summed E-state index contributed by atoms with van der Waals surface area (Å²) in [4.78, 5) is 5.76. The zero-order chi connectivity index (χ0) is 11.7. The second-order valence-corrected chi connectivity index (χ2v) is 4.17. The van der Waals surface area contributed by atoms with Crippen LogP contribution in [0.3, 0.4) is 0 Å². The van der Waals surface area contributed by atoms with E-state index in [0.29, 0.717) is 25.6 Å². The summed E-state index contributed by atoms with van der Waals surface area (Å²) in [6.07, 6.45) is 0. The van der Waals surface area contributed by atoms with Crippen molar-refractivity contribution in [1.82, 2.24) is 4.98 Å². The first-order chi connectivity index (χ1) is 7.59. The number of anilines is 2. The first-order valence-corrected chi connectivity index (χ1v) is 5.43. The molecular weight excluding hydrogens is 233 g/mol. The van der Waals surface area contributed by atoms with Gasteiger partial charge in [-0.15, -0.1) is 0 Å². The van der Waals surface area contributed by atoms with Gasteiger partial charge in [0.1, 0.15) is 10.8 Å². The van der Waals surface area contributed by atoms with Crippen LogP contribution in [0.15, 0.2) is 6.07 Å². The van der Waals surface area contributed by atoms with Gasteiger partial charge in [0.25, 0.3) is 0 Å². The normalized spacial score (nSPS) is 21.2. The van der Waals surface area contributed by atoms with Crippen LogP contribution in [0.1, 0.15) is 6.92 Å². The molecule has 0 bridgehead atoms. The second kappa shape index (κ2) is 4.43. The number of nitrogens with two attached hydrogens (primary N) is 1. The minimum absolute atomic E-state index is 0.121. The van der Waals surface area contributed by atoms with E-state index in [1.165, 1.54) is 0 Å². The van der Waals surface area contributed by atoms with Crippen LogP contribution in [0, 0.1) is 5.95 Å². The number of pyridine rings is 1. The molecule has 16 heavy (non-hydrogen) atoms. The Labute approximate surface area is 98.2 Å². The van der Waals surface area contributed by atoms with Gasteiger partial charge in [-0.3, -0.25) is 0 Å². The SMILES string of the molecule is C[C@H]1COCCN1c1cc(N)c(Cl)c(F)n1. The lowest BCUT2D eigenvalue weighted by Crippen LogP contribution is -2.44. The lowest BCUT2D eigenvalue weighted by atomic mass is 10.2. The smallest absolute Gasteiger partial charge is 0.235 e. The molecule has 4 nitrogen and oxygen atoms in total. The molecule has 6 heteroatoms. The Hall–Kier alpha value is -1.07. The van der Waals surface area contributed by atoms with Gasteiger partial charge in [0.05, 0.1) is 24.9 Å². The van der Waals surface area contributed by atoms with Crippen molar-refractivity contribution in [2.45, 2.75) is 13.0 Å². The third kappa shape index (κ3) is 2.05. The molecule has 2 rings (SSSR count). The Balaban J connectivity index is 2.32. The summed E-state index contributed by atoms with van der Waals surface area (Å²) in [7, 11) is 0. The maximum atomic E-state index is 13.3. The van der Waals surface area contributed by atoms with Crippen molar-refractivity contribution in [2.75, 3.05) is 30.4 Å². The van der Waals surface area contributed by atoms with E-state index < -0.39 is 5.95 Å². The van der Waals surface area contributed by atoms with E-state index in [1.54, 1.807) is 6.07 Å². The fraction of sp³-hybridized carbons (Fsp3) is 0.500. The van der Waals surface area contributed by atoms with Crippen LogP contribution in [0.4, 0.5) is 15.9 Å². The Bertz CT molecular complexity index is 379. The van der Waals surface area contributed by atoms with Gasteiger partial charge in [-0.1, -0.05) is 11.6 Å². The first-order valence-electron chi connectivity index (χ1n) is 5.05. The highest BCUT2D eigenvalue weighted by Gasteiger charge is 2.21. The summed E-state index contributed by atoms with van der Waals surface area (Å²) in [5.41, 5.74) is 5.81. The van der Waals surface area contributed by atoms with Crippen molar-refractivity contribution in [3.63, 3.8) is 0 Å². The van der Waals surface area contributed by atoms with E-state index >= 15 is 0 Å². The molecule has 0 unspecified atom stereocenters. The molecule has 1 aliphatic rings. The quantitative estimate of drug-likeness (QED) is 0.765. The average Bonchev–Trinajstić information content (AvgIpc) is 2.26. The van der Waals surface area contributed by atoms with Gasteiger partial charge < -0.3 is 15.4 Å². The molecule has 2 N–H and O–H groups in total. The fourth-order valence-electron chi connectivity index (χ4n) is 1.72. The Morgan fingerprint density at radius 3 is 3.06 bits per heavy atom. The van der Waals surface area contributed by atoms with Crippen LogP contribution in [-0.4, -0.2) is 30.8 Å². The highest BCUT2D eigenvalue weighted by Crippen LogP contribution is 2.27. The maximum absolute atomic E-state index is 13.3. The van der Waals surface area contributed by atoms with Gasteiger partial charge in [-0.25, -0.2) is 4.98 Å². The minimum Gasteiger partial charge on any atom is -0.397 e. The van der Waals surface area contributed by atoms with Gasteiger partial charge >= 0.3 is 0 Å². The van der Waals surface area contributed by atoms with E-state index in [0.717, 1.165) is 0 Å². The Morgan fingerprint density at radius 2 is 2.44 bits per heavy atom. The van der Waals surface area contributed by atoms with Crippen molar-refractivity contribution >= 4 is 23.1 Å². The summed E-state index contributed by atoms with van der Waals surface area (Å²) in [6.45, 7) is 3.88. The molecule has 0 spiro atoms. The standard InChI is InChI=1S/C10H13ClFN3O/c1-6-5-16-3-2-15(6)8-4-7(13)9(11)10(12)14-8/h4,6H,2-3,5H2,1H3,(H2,13,14)/t6-/m0/s1. The summed E-state index contributed by atoms with van der Waals surface area (Å²) < 4.78 is 18.6. The van der Waals surface area contributed by atoms with Gasteiger partial charge in [-0.2, -0.15) is 4.39 Å². The lowest BCUT2D eigenvalue weighted by molar-refractivity contribution is 0.0984. The number of nitrogen functional groups attached to an aromatic ring is 1. The minimum atomic E-state index is -0.727. The Kier molecular flexibility index (Phi) is 3.16. The monoisotopic (exact) mass is 245 g/mol.